The van der Waals surface area contributed by atoms with Crippen LogP contribution in [0, 0.1) is 0 Å². The van der Waals surface area contributed by atoms with E-state index in [9.17, 15) is 0 Å². The molecule has 3 heterocycles. The monoisotopic (exact) mass is 696 g/mol. The Bertz CT molecular complexity index is 3150. The molecule has 0 radical (unpaired) electrons. The molecule has 4 heteroatoms. The van der Waals surface area contributed by atoms with Crippen molar-refractivity contribution in [2.24, 2.45) is 0 Å². The molecule has 0 saturated heterocycles. The Morgan fingerprint density at radius 2 is 1.09 bits per heavy atom. The minimum absolute atomic E-state index is 0.0845. The number of hydrogen-bond acceptors (Lipinski definition) is 2. The molecule has 0 saturated carbocycles. The fraction of sp³-hybridized carbons (Fsp3) is 0.160. The van der Waals surface area contributed by atoms with Gasteiger partial charge in [-0.2, -0.15) is 0 Å². The second-order valence-corrected chi connectivity index (χ2v) is 16.5. The van der Waals surface area contributed by atoms with Crippen LogP contribution in [-0.2, 0) is 10.8 Å². The molecule has 1 aliphatic rings. The summed E-state index contributed by atoms with van der Waals surface area (Å²) >= 11 is 0. The molecule has 0 N–H and O–H groups in total. The Hall–Kier alpha value is -6.26. The first-order valence-electron chi connectivity index (χ1n) is 19.1. The Balaban J connectivity index is 1.38. The van der Waals surface area contributed by atoms with Gasteiger partial charge in [0.25, 0.3) is 0 Å². The van der Waals surface area contributed by atoms with Gasteiger partial charge < -0.3 is 4.57 Å². The van der Waals surface area contributed by atoms with Crippen molar-refractivity contribution < 1.29 is 0 Å². The number of aromatic nitrogens is 4. The van der Waals surface area contributed by atoms with Crippen LogP contribution in [0.15, 0.2) is 146 Å². The first kappa shape index (κ1) is 31.3. The van der Waals surface area contributed by atoms with E-state index in [0.29, 0.717) is 0 Å². The molecule has 11 rings (SSSR count). The molecule has 4 nitrogen and oxygen atoms in total. The Labute approximate surface area is 314 Å². The number of hydrogen-bond donors (Lipinski definition) is 0. The van der Waals surface area contributed by atoms with Gasteiger partial charge in [0.15, 0.2) is 5.82 Å². The molecule has 0 aliphatic heterocycles. The van der Waals surface area contributed by atoms with E-state index in [1.54, 1.807) is 0 Å². The quantitative estimate of drug-likeness (QED) is 0.184. The largest absolute Gasteiger partial charge is 0.309 e. The Morgan fingerprint density at radius 1 is 0.481 bits per heavy atom. The maximum atomic E-state index is 5.46. The lowest BCUT2D eigenvalue weighted by Crippen LogP contribution is -2.33. The number of rotatable bonds is 3. The lowest BCUT2D eigenvalue weighted by atomic mass is 9.63. The van der Waals surface area contributed by atoms with E-state index in [-0.39, 0.29) is 10.8 Å². The van der Waals surface area contributed by atoms with Gasteiger partial charge in [0, 0.05) is 32.8 Å². The summed E-state index contributed by atoms with van der Waals surface area (Å²) in [5.41, 5.74) is 12.6. The van der Waals surface area contributed by atoms with Crippen molar-refractivity contribution in [2.75, 3.05) is 0 Å². The van der Waals surface area contributed by atoms with E-state index in [2.05, 4.69) is 170 Å². The third-order valence-corrected chi connectivity index (χ3v) is 12.3. The molecular weight excluding hydrogens is 657 g/mol. The van der Waals surface area contributed by atoms with E-state index >= 15 is 0 Å². The first-order chi connectivity index (χ1) is 26.3. The van der Waals surface area contributed by atoms with Gasteiger partial charge in [-0.05, 0) is 94.1 Å². The number of nitrogens with zero attached hydrogens (tertiary/aromatic N) is 4. The number of para-hydroxylation sites is 3. The minimum atomic E-state index is 0.0845. The smallest absolute Gasteiger partial charge is 0.165 e. The van der Waals surface area contributed by atoms with E-state index in [4.69, 9.17) is 9.97 Å². The first-order valence-corrected chi connectivity index (χ1v) is 19.1. The summed E-state index contributed by atoms with van der Waals surface area (Å²) in [7, 11) is 0. The number of fused-ring (bicyclic) bond motifs is 11. The van der Waals surface area contributed by atoms with Crippen molar-refractivity contribution in [3.63, 3.8) is 0 Å². The summed E-state index contributed by atoms with van der Waals surface area (Å²) in [4.78, 5) is 10.8. The molecule has 0 amide bonds. The van der Waals surface area contributed by atoms with Crippen LogP contribution < -0.4 is 0 Å². The summed E-state index contributed by atoms with van der Waals surface area (Å²) in [6.45, 7) is 9.71. The molecule has 0 fully saturated rings. The predicted molar refractivity (Wildman–Crippen MR) is 226 cm³/mol. The summed E-state index contributed by atoms with van der Waals surface area (Å²) < 4.78 is 4.92. The standard InChI is InChI=1S/C50H40N4/c1-49(2)27-28-50(3,4)38-30-43-36(29-37(38)49)35-24-26-42-45(47(35)53(43)33-18-9-6-10-19-33)44-34-20-12-11-15-31(34)23-25-41(44)54(42)48-46(32-16-7-5-8-17-32)51-39-21-13-14-22-40(39)52-48/h5-26,29-30H,27-28H2,1-4H3. The van der Waals surface area contributed by atoms with Crippen molar-refractivity contribution in [3.8, 4) is 22.8 Å². The van der Waals surface area contributed by atoms with Gasteiger partial charge in [-0.1, -0.05) is 125 Å². The molecule has 3 aromatic heterocycles. The van der Waals surface area contributed by atoms with E-state index < -0.39 is 0 Å². The molecule has 0 atom stereocenters. The predicted octanol–water partition coefficient (Wildman–Crippen LogP) is 13.0. The fourth-order valence-corrected chi connectivity index (χ4v) is 9.44. The molecule has 0 spiro atoms. The Morgan fingerprint density at radius 3 is 1.85 bits per heavy atom. The molecule has 54 heavy (non-hydrogen) atoms. The van der Waals surface area contributed by atoms with Crippen molar-refractivity contribution >= 4 is 65.4 Å². The molecule has 0 bridgehead atoms. The van der Waals surface area contributed by atoms with Crippen LogP contribution in [0.4, 0.5) is 0 Å². The lowest BCUT2D eigenvalue weighted by molar-refractivity contribution is 0.332. The average molecular weight is 697 g/mol. The van der Waals surface area contributed by atoms with Gasteiger partial charge in [-0.3, -0.25) is 4.57 Å². The summed E-state index contributed by atoms with van der Waals surface area (Å²) in [6.07, 6.45) is 2.35. The molecular formula is C50H40N4. The van der Waals surface area contributed by atoms with Crippen molar-refractivity contribution in [1.82, 2.24) is 19.1 Å². The minimum Gasteiger partial charge on any atom is -0.309 e. The summed E-state index contributed by atoms with van der Waals surface area (Å²) in [6, 6.07) is 52.8. The fourth-order valence-electron chi connectivity index (χ4n) is 9.44. The zero-order chi connectivity index (χ0) is 36.3. The highest BCUT2D eigenvalue weighted by atomic mass is 15.1. The SMILES string of the molecule is CC1(C)CCC(C)(C)c2cc3c(cc21)c1ccc2c(c4c5ccccc5ccc4n2-c2nc4ccccc4nc2-c2ccccc2)c1n3-c1ccccc1. The van der Waals surface area contributed by atoms with Crippen LogP contribution in [0.2, 0.25) is 0 Å². The van der Waals surface area contributed by atoms with Crippen LogP contribution in [-0.4, -0.2) is 19.1 Å². The Kier molecular flexibility index (Phi) is 6.45. The molecule has 0 unspecified atom stereocenters. The average Bonchev–Trinajstić information content (AvgIpc) is 3.72. The third-order valence-electron chi connectivity index (χ3n) is 12.3. The van der Waals surface area contributed by atoms with Crippen LogP contribution >= 0.6 is 0 Å². The van der Waals surface area contributed by atoms with Gasteiger partial charge in [0.2, 0.25) is 0 Å². The van der Waals surface area contributed by atoms with E-state index in [0.717, 1.165) is 44.8 Å². The third kappa shape index (κ3) is 4.37. The summed E-state index contributed by atoms with van der Waals surface area (Å²) in [5, 5.41) is 7.47. The van der Waals surface area contributed by atoms with Gasteiger partial charge >= 0.3 is 0 Å². The van der Waals surface area contributed by atoms with Crippen LogP contribution in [0.5, 0.6) is 0 Å². The molecule has 7 aromatic carbocycles. The highest BCUT2D eigenvalue weighted by molar-refractivity contribution is 6.31. The molecule has 1 aliphatic carbocycles. The number of benzene rings is 7. The van der Waals surface area contributed by atoms with Crippen molar-refractivity contribution in [1.29, 1.82) is 0 Å². The zero-order valence-electron chi connectivity index (χ0n) is 31.1. The van der Waals surface area contributed by atoms with Gasteiger partial charge in [0.1, 0.15) is 5.69 Å². The molecule has 10 aromatic rings. The highest BCUT2D eigenvalue weighted by Gasteiger charge is 2.38. The summed E-state index contributed by atoms with van der Waals surface area (Å²) in [5.74, 6) is 0.830. The maximum absolute atomic E-state index is 5.46. The van der Waals surface area contributed by atoms with Crippen LogP contribution in [0.3, 0.4) is 0 Å². The second-order valence-electron chi connectivity index (χ2n) is 16.5. The van der Waals surface area contributed by atoms with Gasteiger partial charge in [-0.15, -0.1) is 0 Å². The second kappa shape index (κ2) is 11.1. The van der Waals surface area contributed by atoms with E-state index in [1.807, 2.05) is 12.1 Å². The van der Waals surface area contributed by atoms with Crippen LogP contribution in [0.25, 0.3) is 88.2 Å². The maximum Gasteiger partial charge on any atom is 0.165 e. The highest BCUT2D eigenvalue weighted by Crippen LogP contribution is 2.50. The van der Waals surface area contributed by atoms with Crippen molar-refractivity contribution in [2.45, 2.75) is 51.4 Å². The lowest BCUT2D eigenvalue weighted by Gasteiger charge is -2.42. The van der Waals surface area contributed by atoms with Gasteiger partial charge in [0.05, 0.1) is 33.1 Å². The zero-order valence-corrected chi connectivity index (χ0v) is 31.1. The van der Waals surface area contributed by atoms with E-state index in [1.165, 1.54) is 67.3 Å². The topological polar surface area (TPSA) is 35.6 Å². The normalized spacial score (nSPS) is 15.2. The molecule has 260 valence electrons. The van der Waals surface area contributed by atoms with Crippen molar-refractivity contribution in [3.05, 3.63) is 157 Å². The van der Waals surface area contributed by atoms with Gasteiger partial charge in [-0.25, -0.2) is 9.97 Å². The van der Waals surface area contributed by atoms with Crippen LogP contribution in [0.1, 0.15) is 51.7 Å².